The van der Waals surface area contributed by atoms with Crippen LogP contribution in [0.25, 0.3) is 0 Å². The van der Waals surface area contributed by atoms with E-state index in [1.807, 2.05) is 0 Å². The summed E-state index contributed by atoms with van der Waals surface area (Å²) in [5, 5.41) is 3.08. The minimum Gasteiger partial charge on any atom is -0.316 e. The minimum absolute atomic E-state index is 0.267. The lowest BCUT2D eigenvalue weighted by Gasteiger charge is -2.51. The van der Waals surface area contributed by atoms with Gasteiger partial charge in [-0.3, -0.25) is 0 Å². The van der Waals surface area contributed by atoms with E-state index in [1.165, 1.54) is 0 Å². The molecule has 1 atom stereocenters. The highest BCUT2D eigenvalue weighted by atomic mass is 19.4. The summed E-state index contributed by atoms with van der Waals surface area (Å²) in [6.45, 7) is 1.09. The maximum absolute atomic E-state index is 12.6. The van der Waals surface area contributed by atoms with Crippen LogP contribution in [0.15, 0.2) is 0 Å². The molecule has 13 heavy (non-hydrogen) atoms. The lowest BCUT2D eigenvalue weighted by Crippen LogP contribution is -2.55. The van der Waals surface area contributed by atoms with E-state index in [2.05, 4.69) is 5.32 Å². The van der Waals surface area contributed by atoms with Gasteiger partial charge in [0.1, 0.15) is 0 Å². The average molecular weight is 193 g/mol. The Bertz CT molecular complexity index is 196. The fraction of sp³-hybridized carbons (Fsp3) is 1.00. The summed E-state index contributed by atoms with van der Waals surface area (Å²) in [5.74, 6) is -1.05. The standard InChI is InChI=1S/C9H14F3N/c10-9(11,12)7-2-5-13-6-8(7)3-1-4-8/h7,13H,1-6H2. The second-order valence-corrected chi connectivity index (χ2v) is 4.28. The fourth-order valence-electron chi connectivity index (χ4n) is 2.68. The zero-order valence-corrected chi connectivity index (χ0v) is 7.45. The van der Waals surface area contributed by atoms with Crippen molar-refractivity contribution < 1.29 is 13.2 Å². The van der Waals surface area contributed by atoms with Crippen molar-refractivity contribution >= 4 is 0 Å². The zero-order chi connectivity index (χ0) is 9.53. The van der Waals surface area contributed by atoms with Gasteiger partial charge in [0, 0.05) is 6.54 Å². The Hall–Kier alpha value is -0.250. The number of rotatable bonds is 0. The van der Waals surface area contributed by atoms with E-state index in [-0.39, 0.29) is 6.42 Å². The largest absolute Gasteiger partial charge is 0.392 e. The molecule has 1 saturated carbocycles. The molecule has 2 fully saturated rings. The van der Waals surface area contributed by atoms with E-state index in [0.717, 1.165) is 19.3 Å². The third kappa shape index (κ3) is 1.45. The Morgan fingerprint density at radius 3 is 2.31 bits per heavy atom. The highest BCUT2D eigenvalue weighted by Crippen LogP contribution is 2.54. The molecule has 2 rings (SSSR count). The van der Waals surface area contributed by atoms with Gasteiger partial charge in [-0.05, 0) is 31.2 Å². The summed E-state index contributed by atoms with van der Waals surface area (Å²) in [6, 6.07) is 0. The van der Waals surface area contributed by atoms with Gasteiger partial charge in [-0.1, -0.05) is 6.42 Å². The molecular formula is C9H14F3N. The van der Waals surface area contributed by atoms with Crippen molar-refractivity contribution in [2.24, 2.45) is 11.3 Å². The molecule has 1 nitrogen and oxygen atoms in total. The first-order chi connectivity index (χ1) is 6.05. The quantitative estimate of drug-likeness (QED) is 0.622. The van der Waals surface area contributed by atoms with Crippen molar-refractivity contribution in [3.05, 3.63) is 0 Å². The third-order valence-electron chi connectivity index (χ3n) is 3.57. The highest BCUT2D eigenvalue weighted by Gasteiger charge is 2.56. The molecule has 76 valence electrons. The Morgan fingerprint density at radius 1 is 1.23 bits per heavy atom. The number of alkyl halides is 3. The summed E-state index contributed by atoms with van der Waals surface area (Å²) in [7, 11) is 0. The number of nitrogens with one attached hydrogen (secondary N) is 1. The van der Waals surface area contributed by atoms with Crippen LogP contribution >= 0.6 is 0 Å². The van der Waals surface area contributed by atoms with Crippen molar-refractivity contribution in [1.29, 1.82) is 0 Å². The first-order valence-electron chi connectivity index (χ1n) is 4.82. The van der Waals surface area contributed by atoms with Crippen LogP contribution < -0.4 is 5.32 Å². The first kappa shape index (κ1) is 9.31. The number of hydrogen-bond acceptors (Lipinski definition) is 1. The molecule has 1 aliphatic carbocycles. The summed E-state index contributed by atoms with van der Waals surface area (Å²) in [4.78, 5) is 0. The van der Waals surface area contributed by atoms with Crippen LogP contribution in [0.5, 0.6) is 0 Å². The SMILES string of the molecule is FC(F)(F)C1CCNCC12CCC2. The fourth-order valence-corrected chi connectivity index (χ4v) is 2.68. The molecular weight excluding hydrogens is 179 g/mol. The lowest BCUT2D eigenvalue weighted by atomic mass is 9.58. The van der Waals surface area contributed by atoms with Crippen molar-refractivity contribution in [3.8, 4) is 0 Å². The van der Waals surface area contributed by atoms with Gasteiger partial charge in [-0.15, -0.1) is 0 Å². The Labute approximate surface area is 75.7 Å². The highest BCUT2D eigenvalue weighted by molar-refractivity contribution is 5.00. The molecule has 1 heterocycles. The van der Waals surface area contributed by atoms with Crippen LogP contribution in [0.1, 0.15) is 25.7 Å². The van der Waals surface area contributed by atoms with Crippen LogP contribution in [-0.4, -0.2) is 19.3 Å². The van der Waals surface area contributed by atoms with Crippen LogP contribution in [0.2, 0.25) is 0 Å². The smallest absolute Gasteiger partial charge is 0.316 e. The summed E-state index contributed by atoms with van der Waals surface area (Å²) in [6.07, 6.45) is -1.24. The zero-order valence-electron chi connectivity index (χ0n) is 7.45. The van der Waals surface area contributed by atoms with Crippen LogP contribution in [-0.2, 0) is 0 Å². The Balaban J connectivity index is 2.14. The van der Waals surface area contributed by atoms with Gasteiger partial charge in [-0.2, -0.15) is 13.2 Å². The number of hydrogen-bond donors (Lipinski definition) is 1. The topological polar surface area (TPSA) is 12.0 Å². The second kappa shape index (κ2) is 2.87. The molecule has 1 aliphatic heterocycles. The number of piperidine rings is 1. The van der Waals surface area contributed by atoms with Gasteiger partial charge in [0.2, 0.25) is 0 Å². The molecule has 4 heteroatoms. The van der Waals surface area contributed by atoms with Crippen molar-refractivity contribution in [3.63, 3.8) is 0 Å². The average Bonchev–Trinajstić information content (AvgIpc) is 2.00. The molecule has 1 spiro atoms. The minimum atomic E-state index is -3.98. The van der Waals surface area contributed by atoms with Crippen LogP contribution in [0.4, 0.5) is 13.2 Å². The molecule has 0 bridgehead atoms. The molecule has 2 aliphatic rings. The summed E-state index contributed by atoms with van der Waals surface area (Å²) in [5.41, 5.74) is -0.434. The van der Waals surface area contributed by atoms with Crippen LogP contribution in [0, 0.1) is 11.3 Å². The summed E-state index contributed by atoms with van der Waals surface area (Å²) < 4.78 is 37.9. The third-order valence-corrected chi connectivity index (χ3v) is 3.57. The van der Waals surface area contributed by atoms with Crippen molar-refractivity contribution in [2.75, 3.05) is 13.1 Å². The normalized spacial score (nSPS) is 33.0. The Kier molecular flexibility index (Phi) is 2.06. The molecule has 1 N–H and O–H groups in total. The first-order valence-corrected chi connectivity index (χ1v) is 4.82. The molecule has 1 unspecified atom stereocenters. The lowest BCUT2D eigenvalue weighted by molar-refractivity contribution is -0.227. The van der Waals surface area contributed by atoms with Crippen LogP contribution in [0.3, 0.4) is 0 Å². The van der Waals surface area contributed by atoms with Gasteiger partial charge in [0.05, 0.1) is 5.92 Å². The van der Waals surface area contributed by atoms with E-state index in [1.54, 1.807) is 0 Å². The van der Waals surface area contributed by atoms with E-state index in [0.29, 0.717) is 13.1 Å². The molecule has 0 aromatic rings. The monoisotopic (exact) mass is 193 g/mol. The maximum atomic E-state index is 12.6. The Morgan fingerprint density at radius 2 is 1.92 bits per heavy atom. The maximum Gasteiger partial charge on any atom is 0.392 e. The predicted octanol–water partition coefficient (Wildman–Crippen LogP) is 2.33. The van der Waals surface area contributed by atoms with Crippen molar-refractivity contribution in [1.82, 2.24) is 5.32 Å². The van der Waals surface area contributed by atoms with Crippen molar-refractivity contribution in [2.45, 2.75) is 31.9 Å². The predicted molar refractivity (Wildman–Crippen MR) is 43.3 cm³/mol. The van der Waals surface area contributed by atoms with E-state index < -0.39 is 17.5 Å². The second-order valence-electron chi connectivity index (χ2n) is 4.28. The molecule has 0 aromatic heterocycles. The summed E-state index contributed by atoms with van der Waals surface area (Å²) >= 11 is 0. The van der Waals surface area contributed by atoms with E-state index >= 15 is 0 Å². The van der Waals surface area contributed by atoms with Gasteiger partial charge < -0.3 is 5.32 Å². The van der Waals surface area contributed by atoms with E-state index in [9.17, 15) is 13.2 Å². The molecule has 0 aromatic carbocycles. The van der Waals surface area contributed by atoms with E-state index in [4.69, 9.17) is 0 Å². The number of halogens is 3. The molecule has 0 amide bonds. The molecule has 1 saturated heterocycles. The van der Waals surface area contributed by atoms with Gasteiger partial charge >= 0.3 is 6.18 Å². The van der Waals surface area contributed by atoms with Gasteiger partial charge in [0.25, 0.3) is 0 Å². The van der Waals surface area contributed by atoms with Gasteiger partial charge in [0.15, 0.2) is 0 Å². The molecule has 0 radical (unpaired) electrons. The van der Waals surface area contributed by atoms with Gasteiger partial charge in [-0.25, -0.2) is 0 Å².